The Labute approximate surface area is 139 Å². The normalized spacial score (nSPS) is 18.0. The van der Waals surface area contributed by atoms with Gasteiger partial charge in [0, 0.05) is 39.3 Å². The first kappa shape index (κ1) is 17.4. The predicted molar refractivity (Wildman–Crippen MR) is 90.4 cm³/mol. The number of benzene rings is 1. The van der Waals surface area contributed by atoms with Gasteiger partial charge in [0.25, 0.3) is 0 Å². The zero-order valence-electron chi connectivity index (χ0n) is 12.9. The van der Waals surface area contributed by atoms with Crippen LogP contribution in [0, 0.1) is 0 Å². The number of halogens is 1. The number of piperazine rings is 1. The predicted octanol–water partition coefficient (Wildman–Crippen LogP) is 1.10. The van der Waals surface area contributed by atoms with Gasteiger partial charge in [-0.1, -0.05) is 12.1 Å². The summed E-state index contributed by atoms with van der Waals surface area (Å²) in [6.07, 6.45) is -0.161. The summed E-state index contributed by atoms with van der Waals surface area (Å²) in [5.74, 6) is 0. The van der Waals surface area contributed by atoms with Crippen LogP contribution in [0.1, 0.15) is 6.42 Å². The first-order chi connectivity index (χ1) is 10.6. The van der Waals surface area contributed by atoms with Crippen molar-refractivity contribution in [1.82, 2.24) is 19.4 Å². The van der Waals surface area contributed by atoms with Crippen LogP contribution in [-0.2, 0) is 13.6 Å². The van der Waals surface area contributed by atoms with Gasteiger partial charge in [0.05, 0.1) is 11.0 Å². The van der Waals surface area contributed by atoms with Gasteiger partial charge < -0.3 is 15.3 Å². The van der Waals surface area contributed by atoms with Crippen molar-refractivity contribution < 1.29 is 9.90 Å². The minimum Gasteiger partial charge on any atom is -0.465 e. The molecule has 0 radical (unpaired) electrons. The molecule has 8 heteroatoms. The van der Waals surface area contributed by atoms with Crippen molar-refractivity contribution in [3.8, 4) is 0 Å². The van der Waals surface area contributed by atoms with E-state index in [0.29, 0.717) is 26.2 Å². The Morgan fingerprint density at radius 1 is 1.35 bits per heavy atom. The smallest absolute Gasteiger partial charge is 0.407 e. The summed E-state index contributed by atoms with van der Waals surface area (Å²) in [5, 5.41) is 12.4. The number of nitrogens with one attached hydrogen (secondary N) is 1. The molecule has 0 aliphatic carbocycles. The number of para-hydroxylation sites is 2. The zero-order valence-corrected chi connectivity index (χ0v) is 13.8. The van der Waals surface area contributed by atoms with Crippen LogP contribution in [0.2, 0.25) is 0 Å². The second kappa shape index (κ2) is 7.06. The van der Waals surface area contributed by atoms with Crippen molar-refractivity contribution in [3.05, 3.63) is 34.7 Å². The lowest BCUT2D eigenvalue weighted by Gasteiger charge is -2.31. The number of carbonyl (C=O) groups is 1. The topological polar surface area (TPSA) is 79.5 Å². The summed E-state index contributed by atoms with van der Waals surface area (Å²) in [4.78, 5) is 24.8. The number of rotatable bonds is 3. The van der Waals surface area contributed by atoms with Gasteiger partial charge in [-0.3, -0.25) is 9.13 Å². The van der Waals surface area contributed by atoms with Crippen LogP contribution >= 0.6 is 12.4 Å². The van der Waals surface area contributed by atoms with Crippen LogP contribution in [-0.4, -0.2) is 50.9 Å². The molecule has 126 valence electrons. The highest BCUT2D eigenvalue weighted by molar-refractivity contribution is 5.85. The van der Waals surface area contributed by atoms with Gasteiger partial charge in [-0.25, -0.2) is 9.59 Å². The van der Waals surface area contributed by atoms with E-state index in [9.17, 15) is 9.59 Å². The average molecular weight is 341 g/mol. The molecule has 2 heterocycles. The fourth-order valence-electron chi connectivity index (χ4n) is 3.06. The maximum Gasteiger partial charge on any atom is 0.407 e. The number of nitrogens with zero attached hydrogens (tertiary/aromatic N) is 3. The summed E-state index contributed by atoms with van der Waals surface area (Å²) in [6, 6.07) is 7.78. The van der Waals surface area contributed by atoms with E-state index < -0.39 is 6.09 Å². The lowest BCUT2D eigenvalue weighted by molar-refractivity contribution is 0.127. The minimum atomic E-state index is -0.881. The van der Waals surface area contributed by atoms with Crippen molar-refractivity contribution >= 4 is 29.5 Å². The monoisotopic (exact) mass is 340 g/mol. The molecule has 1 aromatic carbocycles. The summed E-state index contributed by atoms with van der Waals surface area (Å²) < 4.78 is 3.41. The van der Waals surface area contributed by atoms with Gasteiger partial charge in [0.1, 0.15) is 0 Å². The molecule has 7 nitrogen and oxygen atoms in total. The lowest BCUT2D eigenvalue weighted by atomic mass is 10.1. The SMILES string of the molecule is Cl.Cn1c(=O)n(CC[C@@H]2CN(C(=O)O)CCN2)c2ccccc21. The average Bonchev–Trinajstić information content (AvgIpc) is 2.78. The standard InChI is InChI=1S/C15H20N4O3.ClH/c1-17-12-4-2-3-5-13(12)19(14(17)20)8-6-11-10-18(15(21)22)9-7-16-11;/h2-5,11,16H,6-10H2,1H3,(H,21,22);1H/t11-;/m1./s1. The van der Waals surface area contributed by atoms with Crippen LogP contribution in [0.4, 0.5) is 4.79 Å². The van der Waals surface area contributed by atoms with Crippen LogP contribution in [0.5, 0.6) is 0 Å². The number of fused-ring (bicyclic) bond motifs is 1. The van der Waals surface area contributed by atoms with Crippen molar-refractivity contribution in [2.75, 3.05) is 19.6 Å². The van der Waals surface area contributed by atoms with E-state index >= 15 is 0 Å². The summed E-state index contributed by atoms with van der Waals surface area (Å²) in [7, 11) is 1.77. The lowest BCUT2D eigenvalue weighted by Crippen LogP contribution is -2.52. The molecule has 23 heavy (non-hydrogen) atoms. The van der Waals surface area contributed by atoms with Crippen LogP contribution in [0.15, 0.2) is 29.1 Å². The Balaban J connectivity index is 0.00000192. The van der Waals surface area contributed by atoms with E-state index in [2.05, 4.69) is 5.32 Å². The molecule has 0 spiro atoms. The molecular weight excluding hydrogens is 320 g/mol. The Morgan fingerprint density at radius 3 is 2.74 bits per heavy atom. The fourth-order valence-corrected chi connectivity index (χ4v) is 3.06. The number of carboxylic acid groups (broad SMARTS) is 1. The molecular formula is C15H21ClN4O3. The van der Waals surface area contributed by atoms with E-state index in [1.165, 1.54) is 4.90 Å². The third-order valence-electron chi connectivity index (χ3n) is 4.28. The fraction of sp³-hybridized carbons (Fsp3) is 0.467. The van der Waals surface area contributed by atoms with Crippen LogP contribution < -0.4 is 11.0 Å². The molecule has 1 aliphatic rings. The Hall–Kier alpha value is -1.99. The van der Waals surface area contributed by atoms with E-state index in [1.54, 1.807) is 16.2 Å². The summed E-state index contributed by atoms with van der Waals surface area (Å²) in [5.41, 5.74) is 1.80. The minimum absolute atomic E-state index is 0. The van der Waals surface area contributed by atoms with Gasteiger partial charge in [0.15, 0.2) is 0 Å². The molecule has 0 unspecified atom stereocenters. The molecule has 3 rings (SSSR count). The molecule has 0 saturated carbocycles. The molecule has 0 bridgehead atoms. The number of hydrogen-bond donors (Lipinski definition) is 2. The Morgan fingerprint density at radius 2 is 2.04 bits per heavy atom. The first-order valence-corrected chi connectivity index (χ1v) is 7.43. The molecule has 1 aromatic heterocycles. The molecule has 1 aliphatic heterocycles. The Kier molecular flexibility index (Phi) is 5.33. The van der Waals surface area contributed by atoms with E-state index in [4.69, 9.17) is 5.11 Å². The molecule has 1 fully saturated rings. The third-order valence-corrected chi connectivity index (χ3v) is 4.28. The Bertz CT molecular complexity index is 755. The van der Waals surface area contributed by atoms with Gasteiger partial charge in [-0.15, -0.1) is 12.4 Å². The highest BCUT2D eigenvalue weighted by atomic mass is 35.5. The van der Waals surface area contributed by atoms with Crippen molar-refractivity contribution in [2.24, 2.45) is 7.05 Å². The molecule has 1 saturated heterocycles. The van der Waals surface area contributed by atoms with E-state index in [1.807, 2.05) is 24.3 Å². The number of imidazole rings is 1. The second-order valence-corrected chi connectivity index (χ2v) is 5.65. The van der Waals surface area contributed by atoms with Gasteiger partial charge in [-0.2, -0.15) is 0 Å². The third kappa shape index (κ3) is 3.35. The van der Waals surface area contributed by atoms with Crippen molar-refractivity contribution in [3.63, 3.8) is 0 Å². The largest absolute Gasteiger partial charge is 0.465 e. The molecule has 1 amide bonds. The van der Waals surface area contributed by atoms with E-state index in [-0.39, 0.29) is 24.1 Å². The summed E-state index contributed by atoms with van der Waals surface area (Å²) in [6.45, 7) is 2.21. The maximum absolute atomic E-state index is 12.3. The molecule has 2 aromatic rings. The summed E-state index contributed by atoms with van der Waals surface area (Å²) >= 11 is 0. The van der Waals surface area contributed by atoms with Gasteiger partial charge in [0.2, 0.25) is 0 Å². The van der Waals surface area contributed by atoms with Gasteiger partial charge in [-0.05, 0) is 18.6 Å². The van der Waals surface area contributed by atoms with Crippen LogP contribution in [0.25, 0.3) is 11.0 Å². The number of amides is 1. The number of aromatic nitrogens is 2. The highest BCUT2D eigenvalue weighted by Gasteiger charge is 2.23. The second-order valence-electron chi connectivity index (χ2n) is 5.65. The maximum atomic E-state index is 12.3. The van der Waals surface area contributed by atoms with Crippen LogP contribution in [0.3, 0.4) is 0 Å². The first-order valence-electron chi connectivity index (χ1n) is 7.43. The van der Waals surface area contributed by atoms with Gasteiger partial charge >= 0.3 is 11.8 Å². The molecule has 2 N–H and O–H groups in total. The van der Waals surface area contributed by atoms with Crippen molar-refractivity contribution in [2.45, 2.75) is 19.0 Å². The number of aryl methyl sites for hydroxylation is 2. The molecule has 1 atom stereocenters. The number of hydrogen-bond acceptors (Lipinski definition) is 3. The zero-order chi connectivity index (χ0) is 15.7. The highest BCUT2D eigenvalue weighted by Crippen LogP contribution is 2.13. The van der Waals surface area contributed by atoms with E-state index in [0.717, 1.165) is 17.5 Å². The quantitative estimate of drug-likeness (QED) is 0.877. The van der Waals surface area contributed by atoms with Crippen molar-refractivity contribution in [1.29, 1.82) is 0 Å².